The number of rotatable bonds is 4. The van der Waals surface area contributed by atoms with Crippen molar-refractivity contribution < 1.29 is 4.92 Å². The lowest BCUT2D eigenvalue weighted by Gasteiger charge is -2.32. The molecule has 1 aliphatic rings. The Hall–Kier alpha value is -1.13. The van der Waals surface area contributed by atoms with Crippen molar-refractivity contribution in [2.24, 2.45) is 11.8 Å². The number of hydrogen-bond acceptors (Lipinski definition) is 3. The van der Waals surface area contributed by atoms with Gasteiger partial charge in [0.1, 0.15) is 0 Å². The molecule has 5 heteroatoms. The molecule has 1 aliphatic carbocycles. The topological polar surface area (TPSA) is 55.2 Å². The number of benzene rings is 1. The first-order valence-corrected chi connectivity index (χ1v) is 7.52. The van der Waals surface area contributed by atoms with E-state index in [0.717, 1.165) is 18.8 Å². The van der Waals surface area contributed by atoms with Crippen LogP contribution in [0.15, 0.2) is 18.2 Å². The van der Waals surface area contributed by atoms with Gasteiger partial charge in [0.05, 0.1) is 15.5 Å². The molecule has 1 fully saturated rings. The zero-order valence-electron chi connectivity index (χ0n) is 11.9. The van der Waals surface area contributed by atoms with Crippen molar-refractivity contribution >= 4 is 17.3 Å². The second-order valence-corrected chi connectivity index (χ2v) is 6.25. The number of nitro benzene ring substituents is 1. The van der Waals surface area contributed by atoms with Gasteiger partial charge < -0.3 is 5.32 Å². The minimum Gasteiger partial charge on any atom is -0.310 e. The Balaban J connectivity index is 2.02. The Morgan fingerprint density at radius 1 is 1.35 bits per heavy atom. The molecule has 0 heterocycles. The van der Waals surface area contributed by atoms with E-state index >= 15 is 0 Å². The molecule has 0 saturated heterocycles. The molecule has 0 amide bonds. The number of nitro groups is 1. The van der Waals surface area contributed by atoms with Gasteiger partial charge in [-0.25, -0.2) is 0 Å². The predicted molar refractivity (Wildman–Crippen MR) is 80.9 cm³/mol. The Labute approximate surface area is 124 Å². The molecular weight excluding hydrogens is 276 g/mol. The molecule has 0 aliphatic heterocycles. The fourth-order valence-corrected chi connectivity index (χ4v) is 3.11. The summed E-state index contributed by atoms with van der Waals surface area (Å²) in [5.41, 5.74) is 0.688. The third-order valence-corrected chi connectivity index (χ3v) is 4.81. The molecule has 4 nitrogen and oxygen atoms in total. The van der Waals surface area contributed by atoms with E-state index in [9.17, 15) is 10.1 Å². The molecule has 0 bridgehead atoms. The van der Waals surface area contributed by atoms with Crippen LogP contribution in [0.5, 0.6) is 0 Å². The second-order valence-electron chi connectivity index (χ2n) is 5.84. The third-order valence-electron chi connectivity index (χ3n) is 4.46. The molecule has 1 N–H and O–H groups in total. The van der Waals surface area contributed by atoms with Crippen LogP contribution in [0.1, 0.15) is 38.7 Å². The highest BCUT2D eigenvalue weighted by atomic mass is 35.5. The monoisotopic (exact) mass is 296 g/mol. The van der Waals surface area contributed by atoms with Gasteiger partial charge in [0.2, 0.25) is 0 Å². The molecule has 1 aromatic rings. The quantitative estimate of drug-likeness (QED) is 0.670. The van der Waals surface area contributed by atoms with Crippen LogP contribution < -0.4 is 5.32 Å². The summed E-state index contributed by atoms with van der Waals surface area (Å²) in [6.45, 7) is 5.03. The summed E-state index contributed by atoms with van der Waals surface area (Å²) < 4.78 is 0. The van der Waals surface area contributed by atoms with Gasteiger partial charge in [0.25, 0.3) is 5.69 Å². The summed E-state index contributed by atoms with van der Waals surface area (Å²) in [7, 11) is 0. The van der Waals surface area contributed by atoms with Crippen LogP contribution in [0, 0.1) is 22.0 Å². The molecule has 1 saturated carbocycles. The van der Waals surface area contributed by atoms with E-state index in [1.807, 2.05) is 0 Å². The minimum atomic E-state index is -0.367. The zero-order valence-corrected chi connectivity index (χ0v) is 12.7. The van der Waals surface area contributed by atoms with Crippen molar-refractivity contribution in [2.75, 3.05) is 0 Å². The second kappa shape index (κ2) is 6.55. The summed E-state index contributed by atoms with van der Waals surface area (Å²) >= 11 is 6.10. The van der Waals surface area contributed by atoms with E-state index < -0.39 is 0 Å². The predicted octanol–water partition coefficient (Wildman–Crippen LogP) is 4.16. The maximum atomic E-state index is 11.0. The highest BCUT2D eigenvalue weighted by Crippen LogP contribution is 2.31. The molecule has 3 atom stereocenters. The van der Waals surface area contributed by atoms with Crippen LogP contribution in [0.3, 0.4) is 0 Å². The first kappa shape index (κ1) is 15.3. The minimum absolute atomic E-state index is 0.0993. The molecule has 0 aromatic heterocycles. The standard InChI is InChI=1S/C15H21ClN2O2/c1-10-6-7-12(8-11(10)2)17-9-13-14(16)4-3-5-15(13)18(19)20/h3-5,10-12,17H,6-9H2,1-2H3. The van der Waals surface area contributed by atoms with Gasteiger partial charge >= 0.3 is 0 Å². The molecule has 3 unspecified atom stereocenters. The third kappa shape index (κ3) is 3.49. The lowest BCUT2D eigenvalue weighted by Crippen LogP contribution is -2.35. The highest BCUT2D eigenvalue weighted by molar-refractivity contribution is 6.31. The fraction of sp³-hybridized carbons (Fsp3) is 0.600. The molecule has 20 heavy (non-hydrogen) atoms. The van der Waals surface area contributed by atoms with E-state index in [0.29, 0.717) is 29.1 Å². The summed E-state index contributed by atoms with van der Waals surface area (Å²) in [5.74, 6) is 1.46. The normalized spacial score (nSPS) is 26.4. The van der Waals surface area contributed by atoms with E-state index in [1.165, 1.54) is 12.5 Å². The maximum Gasteiger partial charge on any atom is 0.275 e. The van der Waals surface area contributed by atoms with Crippen LogP contribution in [0.2, 0.25) is 5.02 Å². The van der Waals surface area contributed by atoms with Gasteiger partial charge in [-0.2, -0.15) is 0 Å². The number of halogens is 1. The van der Waals surface area contributed by atoms with E-state index in [1.54, 1.807) is 12.1 Å². The smallest absolute Gasteiger partial charge is 0.275 e. The molecule has 0 radical (unpaired) electrons. The molecule has 2 rings (SSSR count). The van der Waals surface area contributed by atoms with Crippen LogP contribution in [0.4, 0.5) is 5.69 Å². The summed E-state index contributed by atoms with van der Waals surface area (Å²) in [6, 6.07) is 5.26. The van der Waals surface area contributed by atoms with Crippen LogP contribution >= 0.6 is 11.6 Å². The van der Waals surface area contributed by atoms with Gasteiger partial charge in [-0.3, -0.25) is 10.1 Å². The van der Waals surface area contributed by atoms with Gasteiger partial charge in [-0.1, -0.05) is 31.5 Å². The van der Waals surface area contributed by atoms with E-state index in [-0.39, 0.29) is 10.6 Å². The highest BCUT2D eigenvalue weighted by Gasteiger charge is 2.25. The molecule has 1 aromatic carbocycles. The summed E-state index contributed by atoms with van der Waals surface area (Å²) in [4.78, 5) is 10.7. The largest absolute Gasteiger partial charge is 0.310 e. The van der Waals surface area contributed by atoms with Gasteiger partial charge in [-0.05, 0) is 37.2 Å². The lowest BCUT2D eigenvalue weighted by atomic mass is 9.79. The van der Waals surface area contributed by atoms with Gasteiger partial charge in [0, 0.05) is 18.7 Å². The van der Waals surface area contributed by atoms with E-state index in [2.05, 4.69) is 19.2 Å². The first-order valence-electron chi connectivity index (χ1n) is 7.14. The van der Waals surface area contributed by atoms with Gasteiger partial charge in [-0.15, -0.1) is 0 Å². The lowest BCUT2D eigenvalue weighted by molar-refractivity contribution is -0.385. The van der Waals surface area contributed by atoms with Crippen molar-refractivity contribution in [1.29, 1.82) is 0 Å². The molecule has 110 valence electrons. The van der Waals surface area contributed by atoms with Crippen LogP contribution in [-0.2, 0) is 6.54 Å². The first-order chi connectivity index (χ1) is 9.49. The number of nitrogens with zero attached hydrogens (tertiary/aromatic N) is 1. The SMILES string of the molecule is CC1CCC(NCc2c(Cl)cccc2[N+](=O)[O-])CC1C. The van der Waals surface area contributed by atoms with Crippen molar-refractivity contribution in [3.8, 4) is 0 Å². The Morgan fingerprint density at radius 2 is 2.10 bits per heavy atom. The average Bonchev–Trinajstić information content (AvgIpc) is 2.40. The summed E-state index contributed by atoms with van der Waals surface area (Å²) in [5, 5.41) is 14.9. The average molecular weight is 297 g/mol. The number of nitrogens with one attached hydrogen (secondary N) is 1. The van der Waals surface area contributed by atoms with Crippen molar-refractivity contribution in [3.63, 3.8) is 0 Å². The van der Waals surface area contributed by atoms with Gasteiger partial charge in [0.15, 0.2) is 0 Å². The van der Waals surface area contributed by atoms with Crippen molar-refractivity contribution in [2.45, 2.75) is 45.7 Å². The maximum absolute atomic E-state index is 11.0. The van der Waals surface area contributed by atoms with Crippen molar-refractivity contribution in [3.05, 3.63) is 38.9 Å². The van der Waals surface area contributed by atoms with E-state index in [4.69, 9.17) is 11.6 Å². The molecular formula is C15H21ClN2O2. The fourth-order valence-electron chi connectivity index (χ4n) is 2.87. The number of hydrogen-bond donors (Lipinski definition) is 1. The Morgan fingerprint density at radius 3 is 2.75 bits per heavy atom. The van der Waals surface area contributed by atoms with Crippen LogP contribution in [0.25, 0.3) is 0 Å². The molecule has 0 spiro atoms. The van der Waals surface area contributed by atoms with Crippen molar-refractivity contribution in [1.82, 2.24) is 5.32 Å². The Kier molecular flexibility index (Phi) is 5.00. The van der Waals surface area contributed by atoms with Crippen LogP contribution in [-0.4, -0.2) is 11.0 Å². The Bertz CT molecular complexity index is 493. The summed E-state index contributed by atoms with van der Waals surface area (Å²) in [6.07, 6.45) is 3.46. The zero-order chi connectivity index (χ0) is 14.7.